The third kappa shape index (κ3) is 2.57. The summed E-state index contributed by atoms with van der Waals surface area (Å²) < 4.78 is 5.43. The molecular formula is C11H15O. The van der Waals surface area contributed by atoms with Crippen molar-refractivity contribution in [2.75, 3.05) is 6.61 Å². The second kappa shape index (κ2) is 4.81. The molecule has 0 saturated heterocycles. The molecule has 0 heterocycles. The van der Waals surface area contributed by atoms with Crippen LogP contribution in [0.2, 0.25) is 0 Å². The van der Waals surface area contributed by atoms with Crippen molar-refractivity contribution in [2.24, 2.45) is 0 Å². The van der Waals surface area contributed by atoms with E-state index in [1.807, 2.05) is 12.1 Å². The largest absolute Gasteiger partial charge is 0.494 e. The summed E-state index contributed by atoms with van der Waals surface area (Å²) in [5, 5.41) is 0. The van der Waals surface area contributed by atoms with E-state index in [2.05, 4.69) is 26.0 Å². The number of ether oxygens (including phenoxy) is 1. The molecule has 1 aromatic rings. The molecule has 0 amide bonds. The fourth-order valence-electron chi connectivity index (χ4n) is 0.972. The molecular weight excluding hydrogens is 148 g/mol. The van der Waals surface area contributed by atoms with E-state index in [-0.39, 0.29) is 0 Å². The number of hydrogen-bond acceptors (Lipinski definition) is 1. The van der Waals surface area contributed by atoms with Crippen LogP contribution in [0, 0.1) is 6.92 Å². The van der Waals surface area contributed by atoms with Gasteiger partial charge in [0, 0.05) is 0 Å². The van der Waals surface area contributed by atoms with Gasteiger partial charge in [0.25, 0.3) is 0 Å². The van der Waals surface area contributed by atoms with Crippen LogP contribution in [0.15, 0.2) is 24.3 Å². The van der Waals surface area contributed by atoms with Crippen molar-refractivity contribution in [1.29, 1.82) is 0 Å². The van der Waals surface area contributed by atoms with E-state index in [0.717, 1.165) is 25.2 Å². The Morgan fingerprint density at radius 1 is 1.25 bits per heavy atom. The number of hydrogen-bond donors (Lipinski definition) is 0. The highest BCUT2D eigenvalue weighted by Gasteiger charge is 1.92. The van der Waals surface area contributed by atoms with Gasteiger partial charge in [0.1, 0.15) is 5.75 Å². The zero-order valence-electron chi connectivity index (χ0n) is 7.55. The minimum Gasteiger partial charge on any atom is -0.494 e. The second-order valence-corrected chi connectivity index (χ2v) is 2.74. The molecule has 0 aliphatic carbocycles. The summed E-state index contributed by atoms with van der Waals surface area (Å²) in [6.45, 7) is 6.70. The second-order valence-electron chi connectivity index (χ2n) is 2.74. The standard InChI is InChI=1S/C11H15O/c1-3-9-12-11-7-5-10(4-2)6-8-11/h5-8H,2-4,9H2,1H3. The Kier molecular flexibility index (Phi) is 3.65. The molecule has 0 spiro atoms. The van der Waals surface area contributed by atoms with Crippen LogP contribution >= 0.6 is 0 Å². The predicted molar refractivity (Wildman–Crippen MR) is 51.3 cm³/mol. The molecule has 0 N–H and O–H groups in total. The highest BCUT2D eigenvalue weighted by molar-refractivity contribution is 5.27. The summed E-state index contributed by atoms with van der Waals surface area (Å²) in [5.74, 6) is 0.953. The smallest absolute Gasteiger partial charge is 0.119 e. The summed E-state index contributed by atoms with van der Waals surface area (Å²) in [4.78, 5) is 0. The Morgan fingerprint density at radius 2 is 1.92 bits per heavy atom. The van der Waals surface area contributed by atoms with Gasteiger partial charge in [0.2, 0.25) is 0 Å². The molecule has 1 nitrogen and oxygen atoms in total. The molecule has 0 aliphatic rings. The van der Waals surface area contributed by atoms with Crippen LogP contribution in [-0.4, -0.2) is 6.61 Å². The van der Waals surface area contributed by atoms with Crippen molar-refractivity contribution in [1.82, 2.24) is 0 Å². The number of rotatable bonds is 4. The van der Waals surface area contributed by atoms with E-state index >= 15 is 0 Å². The van der Waals surface area contributed by atoms with Crippen LogP contribution in [0.5, 0.6) is 5.75 Å². The molecule has 12 heavy (non-hydrogen) atoms. The Balaban J connectivity index is 2.53. The zero-order valence-corrected chi connectivity index (χ0v) is 7.55. The van der Waals surface area contributed by atoms with Gasteiger partial charge in [-0.3, -0.25) is 0 Å². The minimum absolute atomic E-state index is 0.795. The highest BCUT2D eigenvalue weighted by Crippen LogP contribution is 2.12. The van der Waals surface area contributed by atoms with Gasteiger partial charge in [0.05, 0.1) is 6.61 Å². The van der Waals surface area contributed by atoms with Crippen LogP contribution < -0.4 is 4.74 Å². The van der Waals surface area contributed by atoms with Gasteiger partial charge in [-0.05, 0) is 37.5 Å². The lowest BCUT2D eigenvalue weighted by atomic mass is 10.2. The first-order valence-electron chi connectivity index (χ1n) is 4.37. The summed E-state index contributed by atoms with van der Waals surface area (Å²) in [6, 6.07) is 8.10. The van der Waals surface area contributed by atoms with E-state index in [1.54, 1.807) is 0 Å². The highest BCUT2D eigenvalue weighted by atomic mass is 16.5. The molecule has 0 aliphatic heterocycles. The van der Waals surface area contributed by atoms with Crippen molar-refractivity contribution in [3.8, 4) is 5.75 Å². The maximum atomic E-state index is 5.43. The third-order valence-electron chi connectivity index (χ3n) is 1.68. The lowest BCUT2D eigenvalue weighted by molar-refractivity contribution is 0.317. The normalized spacial score (nSPS) is 9.83. The van der Waals surface area contributed by atoms with E-state index in [4.69, 9.17) is 4.74 Å². The van der Waals surface area contributed by atoms with Gasteiger partial charge in [-0.2, -0.15) is 0 Å². The molecule has 1 heteroatoms. The Labute approximate surface area is 74.4 Å². The van der Waals surface area contributed by atoms with Crippen LogP contribution in [0.3, 0.4) is 0 Å². The quantitative estimate of drug-likeness (QED) is 0.663. The van der Waals surface area contributed by atoms with Gasteiger partial charge >= 0.3 is 0 Å². The molecule has 0 unspecified atom stereocenters. The Morgan fingerprint density at radius 3 is 2.42 bits per heavy atom. The van der Waals surface area contributed by atoms with Crippen molar-refractivity contribution >= 4 is 0 Å². The maximum Gasteiger partial charge on any atom is 0.119 e. The fraction of sp³-hybridized carbons (Fsp3) is 0.364. The van der Waals surface area contributed by atoms with E-state index in [1.165, 1.54) is 5.56 Å². The van der Waals surface area contributed by atoms with E-state index < -0.39 is 0 Å². The van der Waals surface area contributed by atoms with Crippen molar-refractivity contribution in [3.63, 3.8) is 0 Å². The monoisotopic (exact) mass is 163 g/mol. The number of benzene rings is 1. The lowest BCUT2D eigenvalue weighted by Crippen LogP contribution is -1.94. The summed E-state index contributed by atoms with van der Waals surface area (Å²) in [6.07, 6.45) is 1.89. The Bertz CT molecular complexity index is 213. The molecule has 1 aromatic carbocycles. The van der Waals surface area contributed by atoms with Crippen molar-refractivity contribution in [2.45, 2.75) is 19.8 Å². The van der Waals surface area contributed by atoms with Crippen LogP contribution in [0.1, 0.15) is 18.9 Å². The fourth-order valence-corrected chi connectivity index (χ4v) is 0.972. The molecule has 0 saturated carbocycles. The zero-order chi connectivity index (χ0) is 8.81. The first-order valence-corrected chi connectivity index (χ1v) is 4.37. The molecule has 0 atom stereocenters. The predicted octanol–water partition coefficient (Wildman–Crippen LogP) is 2.85. The first-order chi connectivity index (χ1) is 5.86. The summed E-state index contributed by atoms with van der Waals surface area (Å²) in [5.41, 5.74) is 1.25. The van der Waals surface area contributed by atoms with E-state index in [0.29, 0.717) is 0 Å². The maximum absolute atomic E-state index is 5.43. The van der Waals surface area contributed by atoms with Gasteiger partial charge < -0.3 is 4.74 Å². The Hall–Kier alpha value is -0.980. The van der Waals surface area contributed by atoms with Gasteiger partial charge in [-0.25, -0.2) is 0 Å². The molecule has 0 aromatic heterocycles. The molecule has 1 radical (unpaired) electrons. The van der Waals surface area contributed by atoms with Crippen LogP contribution in [-0.2, 0) is 6.42 Å². The van der Waals surface area contributed by atoms with Crippen molar-refractivity contribution < 1.29 is 4.74 Å². The molecule has 1 rings (SSSR count). The first kappa shape index (κ1) is 9.11. The summed E-state index contributed by atoms with van der Waals surface area (Å²) >= 11 is 0. The topological polar surface area (TPSA) is 9.23 Å². The average Bonchev–Trinajstić information content (AvgIpc) is 2.15. The van der Waals surface area contributed by atoms with Crippen molar-refractivity contribution in [3.05, 3.63) is 36.8 Å². The average molecular weight is 163 g/mol. The molecule has 65 valence electrons. The minimum atomic E-state index is 0.795. The van der Waals surface area contributed by atoms with Gasteiger partial charge in [-0.15, -0.1) is 0 Å². The summed E-state index contributed by atoms with van der Waals surface area (Å²) in [7, 11) is 0. The molecule has 0 bridgehead atoms. The van der Waals surface area contributed by atoms with Gasteiger partial charge in [-0.1, -0.05) is 19.1 Å². The SMILES string of the molecule is [CH2]Cc1ccc(OCCC)cc1. The van der Waals surface area contributed by atoms with Crippen LogP contribution in [0.4, 0.5) is 0 Å². The lowest BCUT2D eigenvalue weighted by Gasteiger charge is -2.04. The third-order valence-corrected chi connectivity index (χ3v) is 1.68. The molecule has 0 fully saturated rings. The van der Waals surface area contributed by atoms with Gasteiger partial charge in [0.15, 0.2) is 0 Å². The van der Waals surface area contributed by atoms with E-state index in [9.17, 15) is 0 Å². The van der Waals surface area contributed by atoms with Crippen LogP contribution in [0.25, 0.3) is 0 Å².